The van der Waals surface area contributed by atoms with E-state index in [1.165, 1.54) is 0 Å². The highest BCUT2D eigenvalue weighted by molar-refractivity contribution is 5.84. The van der Waals surface area contributed by atoms with Crippen LogP contribution in [0.15, 0.2) is 24.3 Å². The molecule has 0 aliphatic carbocycles. The van der Waals surface area contributed by atoms with Gasteiger partial charge in [0.2, 0.25) is 0 Å². The summed E-state index contributed by atoms with van der Waals surface area (Å²) in [6.07, 6.45) is 0. The second kappa shape index (κ2) is 3.90. The fourth-order valence-corrected chi connectivity index (χ4v) is 1.92. The summed E-state index contributed by atoms with van der Waals surface area (Å²) >= 11 is 0. The molecule has 0 bridgehead atoms. The number of hydroxylamine groups is 3. The molecule has 1 heterocycles. The van der Waals surface area contributed by atoms with Gasteiger partial charge in [-0.25, -0.2) is 4.58 Å². The maximum atomic E-state index is 12.2. The summed E-state index contributed by atoms with van der Waals surface area (Å²) in [5.41, 5.74) is 1.61. The quantitative estimate of drug-likeness (QED) is 0.219. The molecule has 0 radical (unpaired) electrons. The smallest absolute Gasteiger partial charge is 0.477 e. The number of quaternary nitrogens is 1. The fourth-order valence-electron chi connectivity index (χ4n) is 1.92. The number of hydrogen-bond acceptors (Lipinski definition) is 3. The molecule has 1 aromatic heterocycles. The van der Waals surface area contributed by atoms with Gasteiger partial charge in [0.1, 0.15) is 5.52 Å². The van der Waals surface area contributed by atoms with E-state index in [2.05, 4.69) is 10.3 Å². The average molecular weight is 234 g/mol. The Morgan fingerprint density at radius 3 is 2.53 bits per heavy atom. The molecule has 2 aromatic rings. The molecule has 90 valence electrons. The van der Waals surface area contributed by atoms with Gasteiger partial charge in [0.25, 0.3) is 0 Å². The Bertz CT molecular complexity index is 575. The predicted molar refractivity (Wildman–Crippen MR) is 65.5 cm³/mol. The molecule has 6 heteroatoms. The highest BCUT2D eigenvalue weighted by Crippen LogP contribution is 2.11. The van der Waals surface area contributed by atoms with E-state index < -0.39 is 4.65 Å². The Balaban J connectivity index is 2.71. The Labute approximate surface area is 99.6 Å². The number of hydrogen-bond donors (Lipinski definition) is 0. The van der Waals surface area contributed by atoms with Crippen LogP contribution < -0.4 is 0 Å². The van der Waals surface area contributed by atoms with Gasteiger partial charge >= 0.3 is 5.96 Å². The molecule has 0 aliphatic heterocycles. The lowest BCUT2D eigenvalue weighted by Crippen LogP contribution is -2.48. The highest BCUT2D eigenvalue weighted by Gasteiger charge is 2.30. The molecule has 2 rings (SSSR count). The van der Waals surface area contributed by atoms with E-state index in [-0.39, 0.29) is 0 Å². The third kappa shape index (κ3) is 2.04. The molecular formula is C11H16N5O+. The van der Waals surface area contributed by atoms with Crippen LogP contribution in [0, 0.1) is 5.21 Å². The first kappa shape index (κ1) is 11.7. The molecule has 1 aromatic carbocycles. The summed E-state index contributed by atoms with van der Waals surface area (Å²) in [5.74, 6) is 0.513. The monoisotopic (exact) mass is 234 g/mol. The van der Waals surface area contributed by atoms with Crippen LogP contribution in [0.4, 0.5) is 0 Å². The van der Waals surface area contributed by atoms with Crippen molar-refractivity contribution < 1.29 is 9.22 Å². The fraction of sp³-hybridized carbons (Fsp3) is 0.364. The molecule has 0 saturated carbocycles. The van der Waals surface area contributed by atoms with E-state index >= 15 is 0 Å². The minimum Gasteiger partial charge on any atom is -0.622 e. The molecule has 0 spiro atoms. The second-order valence-electron chi connectivity index (χ2n) is 4.54. The van der Waals surface area contributed by atoms with Crippen LogP contribution >= 0.6 is 0 Å². The summed E-state index contributed by atoms with van der Waals surface area (Å²) in [6, 6.07) is 7.57. The first-order valence-electron chi connectivity index (χ1n) is 5.32. The summed E-state index contributed by atoms with van der Waals surface area (Å²) in [5, 5.41) is 20.3. The zero-order valence-corrected chi connectivity index (χ0v) is 10.5. The standard InChI is InChI=1S/C11H16N5O/c1-14(2)11(16(3,4)17)15-10-8-6-5-7-9(10)12-13-15/h5-8H,1-4H3/q+1. The summed E-state index contributed by atoms with van der Waals surface area (Å²) < 4.78 is 2.77. The summed E-state index contributed by atoms with van der Waals surface area (Å²) in [6.45, 7) is 0. The molecule has 6 nitrogen and oxygen atoms in total. The van der Waals surface area contributed by atoms with E-state index in [0.29, 0.717) is 5.96 Å². The van der Waals surface area contributed by atoms with Gasteiger partial charge in [-0.1, -0.05) is 12.1 Å². The van der Waals surface area contributed by atoms with Gasteiger partial charge in [-0.05, 0) is 16.8 Å². The van der Waals surface area contributed by atoms with Crippen molar-refractivity contribution in [3.8, 4) is 0 Å². The number of nitrogens with zero attached hydrogens (tertiary/aromatic N) is 5. The van der Waals surface area contributed by atoms with Crippen LogP contribution in [0.3, 0.4) is 0 Å². The van der Waals surface area contributed by atoms with E-state index in [1.807, 2.05) is 38.4 Å². The van der Waals surface area contributed by atoms with Gasteiger partial charge in [-0.15, -0.1) is 5.10 Å². The Hall–Kier alpha value is -1.79. The average Bonchev–Trinajstić information content (AvgIpc) is 2.60. The third-order valence-corrected chi connectivity index (χ3v) is 2.42. The number of fused-ring (bicyclic) bond motifs is 1. The van der Waals surface area contributed by atoms with Crippen molar-refractivity contribution in [3.63, 3.8) is 0 Å². The maximum absolute atomic E-state index is 12.2. The van der Waals surface area contributed by atoms with Crippen molar-refractivity contribution >= 4 is 17.0 Å². The van der Waals surface area contributed by atoms with Crippen LogP contribution in [0.1, 0.15) is 0 Å². The zero-order valence-electron chi connectivity index (χ0n) is 10.5. The Kier molecular flexibility index (Phi) is 2.68. The van der Waals surface area contributed by atoms with Crippen LogP contribution in [0.5, 0.6) is 0 Å². The van der Waals surface area contributed by atoms with Crippen LogP contribution in [-0.2, 0) is 0 Å². The van der Waals surface area contributed by atoms with Gasteiger partial charge in [0.15, 0.2) is 5.52 Å². The lowest BCUT2D eigenvalue weighted by Gasteiger charge is -2.28. The normalized spacial score (nSPS) is 11.8. The van der Waals surface area contributed by atoms with Crippen LogP contribution in [0.25, 0.3) is 11.0 Å². The number of benzene rings is 1. The van der Waals surface area contributed by atoms with E-state index in [9.17, 15) is 5.21 Å². The number of para-hydroxylation sites is 1. The molecule has 0 atom stereocenters. The van der Waals surface area contributed by atoms with Crippen molar-refractivity contribution in [2.24, 2.45) is 0 Å². The van der Waals surface area contributed by atoms with Gasteiger partial charge in [-0.2, -0.15) is 0 Å². The van der Waals surface area contributed by atoms with Crippen molar-refractivity contribution in [1.29, 1.82) is 0 Å². The lowest BCUT2D eigenvalue weighted by molar-refractivity contribution is -0.777. The van der Waals surface area contributed by atoms with Gasteiger partial charge < -0.3 is 5.21 Å². The molecule has 0 saturated heterocycles. The van der Waals surface area contributed by atoms with Crippen molar-refractivity contribution in [2.45, 2.75) is 0 Å². The lowest BCUT2D eigenvalue weighted by atomic mass is 10.3. The topological polar surface area (TPSA) is 56.8 Å². The molecule has 0 fully saturated rings. The van der Waals surface area contributed by atoms with Gasteiger partial charge in [-0.3, -0.25) is 4.65 Å². The summed E-state index contributed by atoms with van der Waals surface area (Å²) in [7, 11) is 6.77. The van der Waals surface area contributed by atoms with Crippen molar-refractivity contribution in [1.82, 2.24) is 15.0 Å². The van der Waals surface area contributed by atoms with E-state index in [0.717, 1.165) is 11.0 Å². The largest absolute Gasteiger partial charge is 0.622 e. The Morgan fingerprint density at radius 1 is 1.29 bits per heavy atom. The summed E-state index contributed by atoms with van der Waals surface area (Å²) in [4.78, 5) is 0. The highest BCUT2D eigenvalue weighted by atomic mass is 16.5. The van der Waals surface area contributed by atoms with Crippen molar-refractivity contribution in [2.75, 3.05) is 28.2 Å². The van der Waals surface area contributed by atoms with Crippen molar-refractivity contribution in [3.05, 3.63) is 29.5 Å². The van der Waals surface area contributed by atoms with E-state index in [4.69, 9.17) is 0 Å². The molecule has 0 N–H and O–H groups in total. The Morgan fingerprint density at radius 2 is 1.94 bits per heavy atom. The predicted octanol–water partition coefficient (Wildman–Crippen LogP) is 0.482. The molecule has 17 heavy (non-hydrogen) atoms. The molecule has 0 unspecified atom stereocenters. The van der Waals surface area contributed by atoms with Crippen LogP contribution in [-0.4, -0.2) is 58.4 Å². The number of aromatic nitrogens is 3. The third-order valence-electron chi connectivity index (χ3n) is 2.42. The molecular weight excluding hydrogens is 218 g/mol. The van der Waals surface area contributed by atoms with Gasteiger partial charge in [0.05, 0.1) is 28.2 Å². The molecule has 0 amide bonds. The molecule has 0 aliphatic rings. The maximum Gasteiger partial charge on any atom is 0.477 e. The number of rotatable bonds is 0. The minimum absolute atomic E-state index is 0.513. The zero-order chi connectivity index (χ0) is 12.6. The first-order chi connectivity index (χ1) is 7.91. The minimum atomic E-state index is -0.569. The van der Waals surface area contributed by atoms with Crippen LogP contribution in [0.2, 0.25) is 0 Å². The first-order valence-corrected chi connectivity index (χ1v) is 5.32. The van der Waals surface area contributed by atoms with Gasteiger partial charge in [0, 0.05) is 5.21 Å². The van der Waals surface area contributed by atoms with E-state index in [1.54, 1.807) is 23.4 Å². The SMILES string of the molecule is C[N+](C)=C(n1nnc2ccccc21)[N+](C)(C)[O-]. The second-order valence-corrected chi connectivity index (χ2v) is 4.54.